The molecule has 12 nitrogen and oxygen atoms in total. The fraction of sp³-hybridized carbons (Fsp3) is 0.543. The number of carbonyl (C=O) groups is 6. The molecule has 2 saturated carbocycles. The molecular weight excluding hydrogens is 612 g/mol. The molecule has 2 fully saturated rings. The molecule has 4 rings (SSSR count). The van der Waals surface area contributed by atoms with E-state index in [9.17, 15) is 29.1 Å². The van der Waals surface area contributed by atoms with Crippen molar-refractivity contribution in [1.29, 1.82) is 0 Å². The van der Waals surface area contributed by atoms with Gasteiger partial charge in [-0.05, 0) is 38.0 Å². The quantitative estimate of drug-likeness (QED) is 0.247. The largest absolute Gasteiger partial charge is 0.462 e. The Balaban J connectivity index is 2.22. The lowest BCUT2D eigenvalue weighted by molar-refractivity contribution is -0.214. The Morgan fingerprint density at radius 2 is 1.47 bits per heavy atom. The van der Waals surface area contributed by atoms with Gasteiger partial charge in [-0.25, -0.2) is 4.79 Å². The van der Waals surface area contributed by atoms with E-state index in [1.54, 1.807) is 38.1 Å². The maximum absolute atomic E-state index is 15.4. The minimum absolute atomic E-state index is 0.107. The molecule has 0 radical (unpaired) electrons. The Kier molecular flexibility index (Phi) is 9.87. The first kappa shape index (κ1) is 35.5. The van der Waals surface area contributed by atoms with Gasteiger partial charge in [0.25, 0.3) is 0 Å². The summed E-state index contributed by atoms with van der Waals surface area (Å²) < 4.78 is 29.9. The second-order valence-corrected chi connectivity index (χ2v) is 13.0. The van der Waals surface area contributed by atoms with Gasteiger partial charge in [-0.3, -0.25) is 24.0 Å². The molecule has 0 saturated heterocycles. The van der Waals surface area contributed by atoms with Crippen molar-refractivity contribution >= 4 is 35.6 Å². The zero-order chi connectivity index (χ0) is 35.1. The molecule has 0 spiro atoms. The fourth-order valence-electron chi connectivity index (χ4n) is 8.32. The highest BCUT2D eigenvalue weighted by molar-refractivity contribution is 5.99. The maximum Gasteiger partial charge on any atom is 0.338 e. The minimum atomic E-state index is -2.21. The van der Waals surface area contributed by atoms with Crippen LogP contribution in [0.1, 0.15) is 65.2 Å². The number of aliphatic hydroxyl groups is 1. The van der Waals surface area contributed by atoms with Crippen molar-refractivity contribution < 1.29 is 57.6 Å². The summed E-state index contributed by atoms with van der Waals surface area (Å²) in [6.07, 6.45) is -1.35. The van der Waals surface area contributed by atoms with Gasteiger partial charge in [0.1, 0.15) is 18.3 Å². The number of benzene rings is 1. The number of fused-ring (bicyclic) bond motifs is 2. The van der Waals surface area contributed by atoms with Gasteiger partial charge in [0.15, 0.2) is 11.2 Å². The normalized spacial score (nSPS) is 35.7. The van der Waals surface area contributed by atoms with Gasteiger partial charge in [-0.15, -0.1) is 0 Å². The second-order valence-electron chi connectivity index (χ2n) is 13.0. The Labute approximate surface area is 273 Å². The van der Waals surface area contributed by atoms with Crippen molar-refractivity contribution in [3.05, 3.63) is 60.2 Å². The van der Waals surface area contributed by atoms with Crippen molar-refractivity contribution in [2.45, 2.75) is 84.4 Å². The van der Waals surface area contributed by atoms with Crippen LogP contribution in [0.5, 0.6) is 0 Å². The summed E-state index contributed by atoms with van der Waals surface area (Å²) in [6.45, 7) is 12.4. The van der Waals surface area contributed by atoms with E-state index in [-0.39, 0.29) is 12.0 Å². The zero-order valence-corrected chi connectivity index (χ0v) is 27.6. The van der Waals surface area contributed by atoms with E-state index in [1.165, 1.54) is 25.1 Å². The lowest BCUT2D eigenvalue weighted by Gasteiger charge is -2.55. The third kappa shape index (κ3) is 5.99. The lowest BCUT2D eigenvalue weighted by Crippen LogP contribution is -2.66. The first-order chi connectivity index (χ1) is 22.0. The van der Waals surface area contributed by atoms with Crippen LogP contribution in [0.15, 0.2) is 54.6 Å². The third-order valence-corrected chi connectivity index (χ3v) is 9.69. The Morgan fingerprint density at radius 3 is 1.98 bits per heavy atom. The van der Waals surface area contributed by atoms with E-state index < -0.39 is 101 Å². The van der Waals surface area contributed by atoms with Crippen molar-refractivity contribution in [2.24, 2.45) is 29.1 Å². The molecule has 12 heteroatoms. The fourth-order valence-corrected chi connectivity index (χ4v) is 8.32. The first-order valence-corrected chi connectivity index (χ1v) is 15.4. The Bertz CT molecular complexity index is 1500. The van der Waals surface area contributed by atoms with E-state index >= 15 is 4.79 Å². The highest BCUT2D eigenvalue weighted by atomic mass is 16.6. The molecule has 0 bridgehead atoms. The average Bonchev–Trinajstić information content (AvgIpc) is 3.21. The van der Waals surface area contributed by atoms with E-state index in [4.69, 9.17) is 23.7 Å². The summed E-state index contributed by atoms with van der Waals surface area (Å²) in [5.74, 6) is -9.30. The Hall–Kier alpha value is -4.32. The molecule has 1 aromatic rings. The Morgan fingerprint density at radius 1 is 0.872 bits per heavy atom. The number of hydrogen-bond acceptors (Lipinski definition) is 12. The number of ketones is 1. The van der Waals surface area contributed by atoms with Crippen molar-refractivity contribution in [1.82, 2.24) is 0 Å². The van der Waals surface area contributed by atoms with Crippen LogP contribution in [0, 0.1) is 29.1 Å². The monoisotopic (exact) mass is 654 g/mol. The van der Waals surface area contributed by atoms with Crippen LogP contribution in [0.4, 0.5) is 0 Å². The summed E-state index contributed by atoms with van der Waals surface area (Å²) in [5, 5.41) is 11.7. The SMILES string of the molecule is C=C(C)[C@H]1C=C[C@@H](OC(C)=O)[C@@]2(CO)[C@H](OC(=O)c3ccccc3)[C@H]3[C@@H](OC(C)=O)[C@@H](C)C[C@]3(OC(C)=O)C(=O)[C@@](C)(OC(C)=O)[C@H]12. The molecule has 0 amide bonds. The van der Waals surface area contributed by atoms with E-state index in [1.807, 2.05) is 0 Å². The number of esters is 5. The van der Waals surface area contributed by atoms with Crippen LogP contribution >= 0.6 is 0 Å². The molecule has 0 heterocycles. The number of aliphatic hydroxyl groups excluding tert-OH is 1. The van der Waals surface area contributed by atoms with Crippen LogP contribution in [0.25, 0.3) is 0 Å². The molecule has 1 aromatic carbocycles. The van der Waals surface area contributed by atoms with Crippen LogP contribution in [0.2, 0.25) is 0 Å². The second kappa shape index (κ2) is 13.1. The van der Waals surface area contributed by atoms with Crippen LogP contribution < -0.4 is 0 Å². The highest BCUT2D eigenvalue weighted by Crippen LogP contribution is 2.63. The van der Waals surface area contributed by atoms with E-state index in [2.05, 4.69) is 6.58 Å². The molecule has 0 aliphatic heterocycles. The van der Waals surface area contributed by atoms with Gasteiger partial charge in [0, 0.05) is 46.0 Å². The van der Waals surface area contributed by atoms with Crippen molar-refractivity contribution in [3.63, 3.8) is 0 Å². The predicted molar refractivity (Wildman–Crippen MR) is 164 cm³/mol. The number of ether oxygens (including phenoxy) is 5. The van der Waals surface area contributed by atoms with Gasteiger partial charge in [-0.2, -0.15) is 0 Å². The van der Waals surface area contributed by atoms with Gasteiger partial charge < -0.3 is 28.8 Å². The lowest BCUT2D eigenvalue weighted by atomic mass is 9.53. The summed E-state index contributed by atoms with van der Waals surface area (Å²) in [6, 6.07) is 7.91. The zero-order valence-electron chi connectivity index (χ0n) is 27.6. The third-order valence-electron chi connectivity index (χ3n) is 9.69. The molecule has 47 heavy (non-hydrogen) atoms. The summed E-state index contributed by atoms with van der Waals surface area (Å²) >= 11 is 0. The molecule has 3 aliphatic carbocycles. The van der Waals surface area contributed by atoms with E-state index in [0.29, 0.717) is 5.57 Å². The summed E-state index contributed by atoms with van der Waals surface area (Å²) in [5.41, 5.74) is -5.81. The van der Waals surface area contributed by atoms with Gasteiger partial charge in [-0.1, -0.05) is 43.4 Å². The molecular formula is C35H42O12. The topological polar surface area (TPSA) is 169 Å². The van der Waals surface area contributed by atoms with Crippen LogP contribution in [0.3, 0.4) is 0 Å². The highest BCUT2D eigenvalue weighted by Gasteiger charge is 2.79. The van der Waals surface area contributed by atoms with Crippen molar-refractivity contribution in [2.75, 3.05) is 6.61 Å². The smallest absolute Gasteiger partial charge is 0.338 e. The molecule has 3 aliphatic rings. The van der Waals surface area contributed by atoms with E-state index in [0.717, 1.165) is 27.7 Å². The molecule has 0 unspecified atom stereocenters. The van der Waals surface area contributed by atoms with Crippen molar-refractivity contribution in [3.8, 4) is 0 Å². The molecule has 1 N–H and O–H groups in total. The average molecular weight is 655 g/mol. The number of allylic oxidation sites excluding steroid dienone is 2. The van der Waals surface area contributed by atoms with Crippen LogP contribution in [-0.2, 0) is 47.7 Å². The maximum atomic E-state index is 15.4. The van der Waals surface area contributed by atoms with Gasteiger partial charge >= 0.3 is 29.8 Å². The molecule has 10 atom stereocenters. The number of hydrogen-bond donors (Lipinski definition) is 1. The first-order valence-electron chi connectivity index (χ1n) is 15.4. The van der Waals surface area contributed by atoms with Gasteiger partial charge in [0.05, 0.1) is 23.5 Å². The number of Topliss-reactive ketones (excluding diaryl/α,β-unsaturated/α-hetero) is 1. The number of rotatable bonds is 8. The summed E-state index contributed by atoms with van der Waals surface area (Å²) in [7, 11) is 0. The van der Waals surface area contributed by atoms with Crippen LogP contribution in [-0.4, -0.2) is 76.9 Å². The molecule has 0 aromatic heterocycles. The number of carbonyl (C=O) groups excluding carboxylic acids is 6. The predicted octanol–water partition coefficient (Wildman–Crippen LogP) is 3.29. The standard InChI is InChI=1S/C35H42O12/c1-18(2)25-14-15-26(43-20(4)37)34(17-36)29(25)33(8,46-22(6)39)32(42)35(47-23(7)40)16-19(3)28(44-21(5)38)27(35)30(34)45-31(41)24-12-10-9-11-13-24/h9-15,19,25-30,36H,1,16-17H2,2-8H3/t19-,25+,26+,27+,28-,29-,30+,33-,34+,35+/m0/s1. The van der Waals surface area contributed by atoms with Gasteiger partial charge in [0.2, 0.25) is 5.78 Å². The molecule has 254 valence electrons. The summed E-state index contributed by atoms with van der Waals surface area (Å²) in [4.78, 5) is 80.4. The minimum Gasteiger partial charge on any atom is -0.462 e.